The molecule has 5 rings (SSSR count). The minimum Gasteiger partial charge on any atom is -0.356 e. The maximum atomic E-state index is 13.5. The van der Waals surface area contributed by atoms with Crippen LogP contribution in [0.25, 0.3) is 10.9 Å². The second kappa shape index (κ2) is 8.40. The zero-order valence-corrected chi connectivity index (χ0v) is 17.2. The highest BCUT2D eigenvalue weighted by Crippen LogP contribution is 2.28. The number of carbonyl (C=O) groups is 1. The fourth-order valence-electron chi connectivity index (χ4n) is 4.46. The lowest BCUT2D eigenvalue weighted by molar-refractivity contribution is 0.0629. The van der Waals surface area contributed by atoms with Gasteiger partial charge in [-0.2, -0.15) is 0 Å². The molecule has 30 heavy (non-hydrogen) atoms. The van der Waals surface area contributed by atoms with Crippen LogP contribution in [0.15, 0.2) is 54.9 Å². The zero-order chi connectivity index (χ0) is 20.3. The topological polar surface area (TPSA) is 52.6 Å². The summed E-state index contributed by atoms with van der Waals surface area (Å²) >= 11 is 0. The van der Waals surface area contributed by atoms with Crippen LogP contribution in [0.3, 0.4) is 0 Å². The second-order valence-electron chi connectivity index (χ2n) is 8.17. The lowest BCUT2D eigenvalue weighted by Gasteiger charge is -2.35. The average Bonchev–Trinajstić information content (AvgIpc) is 3.34. The molecule has 3 aromatic rings. The predicted molar refractivity (Wildman–Crippen MR) is 119 cm³/mol. The molecule has 2 fully saturated rings. The van der Waals surface area contributed by atoms with Gasteiger partial charge in [0.2, 0.25) is 0 Å². The molecule has 154 valence electrons. The minimum absolute atomic E-state index is 0.110. The number of para-hydroxylation sites is 1. The van der Waals surface area contributed by atoms with Gasteiger partial charge in [-0.25, -0.2) is 4.98 Å². The van der Waals surface area contributed by atoms with E-state index < -0.39 is 0 Å². The molecule has 1 amide bonds. The quantitative estimate of drug-likeness (QED) is 0.672. The Hall–Kier alpha value is -2.99. The number of carbonyl (C=O) groups excluding carboxylic acids is 1. The number of aromatic nitrogens is 2. The van der Waals surface area contributed by atoms with Crippen LogP contribution in [0.2, 0.25) is 0 Å². The Morgan fingerprint density at radius 1 is 0.900 bits per heavy atom. The summed E-state index contributed by atoms with van der Waals surface area (Å²) in [5, 5.41) is 1.03. The number of rotatable bonds is 4. The largest absolute Gasteiger partial charge is 0.356 e. The first kappa shape index (κ1) is 19.0. The van der Waals surface area contributed by atoms with E-state index in [1.54, 1.807) is 0 Å². The van der Waals surface area contributed by atoms with E-state index in [1.165, 1.54) is 5.56 Å². The normalized spacial score (nSPS) is 17.6. The number of fused-ring (bicyclic) bond motifs is 1. The van der Waals surface area contributed by atoms with Crippen LogP contribution in [-0.4, -0.2) is 64.9 Å². The Balaban J connectivity index is 1.35. The number of anilines is 1. The third kappa shape index (κ3) is 3.87. The zero-order valence-electron chi connectivity index (χ0n) is 17.2. The molecule has 2 saturated heterocycles. The van der Waals surface area contributed by atoms with Crippen LogP contribution in [0.4, 0.5) is 5.82 Å². The van der Waals surface area contributed by atoms with E-state index in [0.717, 1.165) is 80.9 Å². The Kier molecular flexibility index (Phi) is 5.32. The van der Waals surface area contributed by atoms with Gasteiger partial charge >= 0.3 is 0 Å². The van der Waals surface area contributed by atoms with Gasteiger partial charge in [-0.1, -0.05) is 18.2 Å². The Morgan fingerprint density at radius 2 is 1.63 bits per heavy atom. The molecule has 2 aliphatic heterocycles. The van der Waals surface area contributed by atoms with Gasteiger partial charge in [0.05, 0.1) is 11.1 Å². The highest BCUT2D eigenvalue weighted by molar-refractivity contribution is 6.02. The number of amides is 1. The molecular formula is C24H27N5O. The molecule has 0 atom stereocenters. The van der Waals surface area contributed by atoms with Gasteiger partial charge in [-0.05, 0) is 42.7 Å². The monoisotopic (exact) mass is 401 g/mol. The van der Waals surface area contributed by atoms with Crippen molar-refractivity contribution in [3.63, 3.8) is 0 Å². The first-order valence-electron chi connectivity index (χ1n) is 10.8. The summed E-state index contributed by atoms with van der Waals surface area (Å²) in [6.07, 6.45) is 6.00. The second-order valence-corrected chi connectivity index (χ2v) is 8.17. The fourth-order valence-corrected chi connectivity index (χ4v) is 4.46. The molecule has 0 bridgehead atoms. The first-order valence-corrected chi connectivity index (χ1v) is 10.8. The summed E-state index contributed by atoms with van der Waals surface area (Å²) in [7, 11) is 0. The third-order valence-electron chi connectivity index (χ3n) is 6.15. The summed E-state index contributed by atoms with van der Waals surface area (Å²) in [6, 6.07) is 14.2. The van der Waals surface area contributed by atoms with Crippen molar-refractivity contribution in [2.75, 3.05) is 44.2 Å². The molecular weight excluding hydrogens is 374 g/mol. The van der Waals surface area contributed by atoms with Crippen molar-refractivity contribution in [1.29, 1.82) is 0 Å². The SMILES string of the molecule is O=C(c1cc2ccccc2nc1N1CCCC1)N1CCN(Cc2ccncc2)CC1. The molecule has 6 heteroatoms. The number of piperazine rings is 1. The van der Waals surface area contributed by atoms with Gasteiger partial charge in [0.15, 0.2) is 0 Å². The van der Waals surface area contributed by atoms with Crippen LogP contribution in [-0.2, 0) is 6.54 Å². The lowest BCUT2D eigenvalue weighted by Crippen LogP contribution is -2.48. The van der Waals surface area contributed by atoms with Crippen molar-refractivity contribution < 1.29 is 4.79 Å². The van der Waals surface area contributed by atoms with Crippen molar-refractivity contribution >= 4 is 22.6 Å². The van der Waals surface area contributed by atoms with Crippen molar-refractivity contribution in [2.45, 2.75) is 19.4 Å². The molecule has 2 aliphatic rings. The number of pyridine rings is 2. The third-order valence-corrected chi connectivity index (χ3v) is 6.15. The van der Waals surface area contributed by atoms with Crippen molar-refractivity contribution in [3.8, 4) is 0 Å². The molecule has 1 aromatic carbocycles. The van der Waals surface area contributed by atoms with E-state index in [-0.39, 0.29) is 5.91 Å². The highest BCUT2D eigenvalue weighted by Gasteiger charge is 2.27. The van der Waals surface area contributed by atoms with Gasteiger partial charge in [0.1, 0.15) is 5.82 Å². The summed E-state index contributed by atoms with van der Waals surface area (Å²) in [6.45, 7) is 6.12. The Bertz CT molecular complexity index is 1020. The van der Waals surface area contributed by atoms with E-state index in [1.807, 2.05) is 47.6 Å². The number of hydrogen-bond donors (Lipinski definition) is 0. The van der Waals surface area contributed by atoms with E-state index in [4.69, 9.17) is 4.98 Å². The molecule has 6 nitrogen and oxygen atoms in total. The van der Waals surface area contributed by atoms with E-state index in [2.05, 4.69) is 26.9 Å². The van der Waals surface area contributed by atoms with Crippen LogP contribution < -0.4 is 4.90 Å². The maximum Gasteiger partial charge on any atom is 0.257 e. The summed E-state index contributed by atoms with van der Waals surface area (Å²) < 4.78 is 0. The number of hydrogen-bond acceptors (Lipinski definition) is 5. The summed E-state index contributed by atoms with van der Waals surface area (Å²) in [4.78, 5) is 29.2. The smallest absolute Gasteiger partial charge is 0.257 e. The van der Waals surface area contributed by atoms with Crippen molar-refractivity contribution in [2.24, 2.45) is 0 Å². The molecule has 2 aromatic heterocycles. The fraction of sp³-hybridized carbons (Fsp3) is 0.375. The summed E-state index contributed by atoms with van der Waals surface area (Å²) in [5.74, 6) is 0.967. The number of nitrogens with zero attached hydrogens (tertiary/aromatic N) is 5. The number of benzene rings is 1. The van der Waals surface area contributed by atoms with Gasteiger partial charge in [0, 0.05) is 63.6 Å². The van der Waals surface area contributed by atoms with Gasteiger partial charge in [0.25, 0.3) is 5.91 Å². The highest BCUT2D eigenvalue weighted by atomic mass is 16.2. The van der Waals surface area contributed by atoms with Crippen molar-refractivity contribution in [1.82, 2.24) is 19.8 Å². The first-order chi connectivity index (χ1) is 14.8. The van der Waals surface area contributed by atoms with E-state index in [0.29, 0.717) is 0 Å². The van der Waals surface area contributed by atoms with Crippen molar-refractivity contribution in [3.05, 3.63) is 66.0 Å². The average molecular weight is 402 g/mol. The van der Waals surface area contributed by atoms with E-state index >= 15 is 0 Å². The van der Waals surface area contributed by atoms with E-state index in [9.17, 15) is 4.79 Å². The van der Waals surface area contributed by atoms with Crippen LogP contribution >= 0.6 is 0 Å². The molecule has 0 spiro atoms. The Labute approximate surface area is 177 Å². The summed E-state index contributed by atoms with van der Waals surface area (Å²) in [5.41, 5.74) is 2.97. The van der Waals surface area contributed by atoms with Crippen LogP contribution in [0.5, 0.6) is 0 Å². The van der Waals surface area contributed by atoms with Gasteiger partial charge in [-0.3, -0.25) is 14.7 Å². The molecule has 0 unspecified atom stereocenters. The minimum atomic E-state index is 0.110. The lowest BCUT2D eigenvalue weighted by atomic mass is 10.1. The molecule has 0 N–H and O–H groups in total. The molecule has 0 saturated carbocycles. The predicted octanol–water partition coefficient (Wildman–Crippen LogP) is 3.19. The van der Waals surface area contributed by atoms with Gasteiger partial charge < -0.3 is 9.80 Å². The Morgan fingerprint density at radius 3 is 2.40 bits per heavy atom. The molecule has 0 aliphatic carbocycles. The van der Waals surface area contributed by atoms with Crippen LogP contribution in [0.1, 0.15) is 28.8 Å². The molecule has 0 radical (unpaired) electrons. The molecule has 4 heterocycles. The van der Waals surface area contributed by atoms with Crippen LogP contribution in [0, 0.1) is 0 Å². The standard InChI is InChI=1S/C24H27N5O/c30-24(29-15-13-27(14-16-29)18-19-7-9-25-10-8-19)21-17-20-5-1-2-6-22(20)26-23(21)28-11-3-4-12-28/h1-2,5-10,17H,3-4,11-16,18H2. The maximum absolute atomic E-state index is 13.5. The van der Waals surface area contributed by atoms with Gasteiger partial charge in [-0.15, -0.1) is 0 Å².